The molecule has 5 nitrogen and oxygen atoms in total. The van der Waals surface area contributed by atoms with Crippen LogP contribution < -0.4 is 5.32 Å². The predicted octanol–water partition coefficient (Wildman–Crippen LogP) is 3.00. The second kappa shape index (κ2) is 6.43. The molecule has 25 heavy (non-hydrogen) atoms. The molecule has 0 radical (unpaired) electrons. The fourth-order valence-corrected chi connectivity index (χ4v) is 3.22. The number of hydrogen-bond acceptors (Lipinski definition) is 3. The minimum atomic E-state index is -0.0151. The summed E-state index contributed by atoms with van der Waals surface area (Å²) in [6.45, 7) is 0.470. The van der Waals surface area contributed by atoms with E-state index in [1.54, 1.807) is 23.0 Å². The third-order valence-electron chi connectivity index (χ3n) is 4.62. The molecule has 2 aromatic carbocycles. The van der Waals surface area contributed by atoms with Gasteiger partial charge in [0.25, 0.3) is 0 Å². The van der Waals surface area contributed by atoms with Crippen molar-refractivity contribution in [1.82, 2.24) is 15.1 Å². The standard InChI is InChI=1S/C20H19N3O2/c24-16-7-3-6-14(11-16)17-12-18(17)20(25)21-13-15-5-1-2-8-19(15)23-10-4-9-22-23/h1-11,17-18,24H,12-13H2,(H,21,25). The number of aromatic hydroxyl groups is 1. The molecule has 2 N–H and O–H groups in total. The van der Waals surface area contributed by atoms with Crippen LogP contribution in [0, 0.1) is 5.92 Å². The summed E-state index contributed by atoms with van der Waals surface area (Å²) in [6.07, 6.45) is 4.45. The van der Waals surface area contributed by atoms with Crippen LogP contribution in [0.1, 0.15) is 23.5 Å². The van der Waals surface area contributed by atoms with Crippen molar-refractivity contribution in [2.45, 2.75) is 18.9 Å². The average molecular weight is 333 g/mol. The molecule has 4 rings (SSSR count). The van der Waals surface area contributed by atoms with Gasteiger partial charge in [-0.05, 0) is 47.7 Å². The van der Waals surface area contributed by atoms with Gasteiger partial charge in [0.2, 0.25) is 5.91 Å². The first-order chi connectivity index (χ1) is 12.2. The Hall–Kier alpha value is -3.08. The summed E-state index contributed by atoms with van der Waals surface area (Å²) in [5.74, 6) is 0.493. The lowest BCUT2D eigenvalue weighted by Gasteiger charge is -2.11. The molecule has 1 saturated carbocycles. The molecular formula is C20H19N3O2. The van der Waals surface area contributed by atoms with E-state index in [1.807, 2.05) is 48.7 Å². The molecule has 1 heterocycles. The van der Waals surface area contributed by atoms with Crippen molar-refractivity contribution in [3.05, 3.63) is 78.1 Å². The molecule has 126 valence electrons. The molecule has 5 heteroatoms. The Labute approximate surface area is 145 Å². The number of para-hydroxylation sites is 1. The summed E-state index contributed by atoms with van der Waals surface area (Å²) in [7, 11) is 0. The molecule has 3 aromatic rings. The van der Waals surface area contributed by atoms with Crippen LogP contribution in [0.3, 0.4) is 0 Å². The van der Waals surface area contributed by atoms with Gasteiger partial charge in [0.05, 0.1) is 5.69 Å². The summed E-state index contributed by atoms with van der Waals surface area (Å²) in [6, 6.07) is 16.9. The summed E-state index contributed by atoms with van der Waals surface area (Å²) in [4.78, 5) is 12.4. The predicted molar refractivity (Wildman–Crippen MR) is 94.4 cm³/mol. The Kier molecular flexibility index (Phi) is 3.98. The first-order valence-corrected chi connectivity index (χ1v) is 8.37. The van der Waals surface area contributed by atoms with Crippen LogP contribution in [0.4, 0.5) is 0 Å². The Bertz CT molecular complexity index is 889. The largest absolute Gasteiger partial charge is 0.508 e. The first-order valence-electron chi connectivity index (χ1n) is 8.37. The van der Waals surface area contributed by atoms with Crippen molar-refractivity contribution in [3.8, 4) is 11.4 Å². The number of rotatable bonds is 5. The lowest BCUT2D eigenvalue weighted by molar-refractivity contribution is -0.122. The van der Waals surface area contributed by atoms with Gasteiger partial charge in [0.1, 0.15) is 5.75 Å². The number of amides is 1. The van der Waals surface area contributed by atoms with Crippen molar-refractivity contribution < 1.29 is 9.90 Å². The number of carbonyl (C=O) groups is 1. The Morgan fingerprint density at radius 1 is 1.20 bits per heavy atom. The van der Waals surface area contributed by atoms with E-state index in [0.717, 1.165) is 23.2 Å². The van der Waals surface area contributed by atoms with Gasteiger partial charge in [-0.1, -0.05) is 30.3 Å². The average Bonchev–Trinajstić information content (AvgIpc) is 3.25. The van der Waals surface area contributed by atoms with Crippen LogP contribution in [-0.4, -0.2) is 20.8 Å². The highest BCUT2D eigenvalue weighted by molar-refractivity contribution is 5.83. The van der Waals surface area contributed by atoms with E-state index in [9.17, 15) is 9.90 Å². The second-order valence-corrected chi connectivity index (χ2v) is 6.34. The van der Waals surface area contributed by atoms with Crippen molar-refractivity contribution in [3.63, 3.8) is 0 Å². The van der Waals surface area contributed by atoms with Gasteiger partial charge < -0.3 is 10.4 Å². The fourth-order valence-electron chi connectivity index (χ4n) is 3.22. The lowest BCUT2D eigenvalue weighted by atomic mass is 10.1. The minimum Gasteiger partial charge on any atom is -0.508 e. The van der Waals surface area contributed by atoms with Crippen molar-refractivity contribution in [2.75, 3.05) is 0 Å². The smallest absolute Gasteiger partial charge is 0.224 e. The van der Waals surface area contributed by atoms with E-state index in [2.05, 4.69) is 10.4 Å². The van der Waals surface area contributed by atoms with Crippen LogP contribution in [0.25, 0.3) is 5.69 Å². The van der Waals surface area contributed by atoms with Crippen molar-refractivity contribution in [1.29, 1.82) is 0 Å². The van der Waals surface area contributed by atoms with E-state index in [-0.39, 0.29) is 23.5 Å². The van der Waals surface area contributed by atoms with Crippen molar-refractivity contribution >= 4 is 5.91 Å². The molecule has 1 aromatic heterocycles. The maximum atomic E-state index is 12.4. The molecule has 0 spiro atoms. The maximum Gasteiger partial charge on any atom is 0.224 e. The molecule has 1 aliphatic rings. The monoisotopic (exact) mass is 333 g/mol. The van der Waals surface area contributed by atoms with E-state index < -0.39 is 0 Å². The highest BCUT2D eigenvalue weighted by Gasteiger charge is 2.43. The minimum absolute atomic E-state index is 0.0151. The van der Waals surface area contributed by atoms with E-state index in [4.69, 9.17) is 0 Å². The highest BCUT2D eigenvalue weighted by Crippen LogP contribution is 2.48. The third kappa shape index (κ3) is 3.26. The Morgan fingerprint density at radius 2 is 2.08 bits per heavy atom. The maximum absolute atomic E-state index is 12.4. The number of nitrogens with zero attached hydrogens (tertiary/aromatic N) is 2. The van der Waals surface area contributed by atoms with Gasteiger partial charge >= 0.3 is 0 Å². The van der Waals surface area contributed by atoms with Crippen LogP contribution in [-0.2, 0) is 11.3 Å². The van der Waals surface area contributed by atoms with Gasteiger partial charge in [-0.15, -0.1) is 0 Å². The molecule has 0 saturated heterocycles. The zero-order valence-corrected chi connectivity index (χ0v) is 13.7. The molecule has 1 aliphatic carbocycles. The van der Waals surface area contributed by atoms with Gasteiger partial charge in [0.15, 0.2) is 0 Å². The Balaban J connectivity index is 1.41. The SMILES string of the molecule is O=C(NCc1ccccc1-n1cccn1)C1CC1c1cccc(O)c1. The molecule has 0 aliphatic heterocycles. The van der Waals surface area contributed by atoms with Crippen molar-refractivity contribution in [2.24, 2.45) is 5.92 Å². The Morgan fingerprint density at radius 3 is 2.88 bits per heavy atom. The number of phenolic OH excluding ortho intramolecular Hbond substituents is 1. The molecule has 2 unspecified atom stereocenters. The van der Waals surface area contributed by atoms with E-state index >= 15 is 0 Å². The van der Waals surface area contributed by atoms with Crippen LogP contribution in [0.5, 0.6) is 5.75 Å². The van der Waals surface area contributed by atoms with Crippen LogP contribution in [0.2, 0.25) is 0 Å². The molecule has 1 fully saturated rings. The number of benzene rings is 2. The number of phenols is 1. The van der Waals surface area contributed by atoms with E-state index in [0.29, 0.717) is 6.54 Å². The number of carbonyl (C=O) groups excluding carboxylic acids is 1. The summed E-state index contributed by atoms with van der Waals surface area (Å²) in [5.41, 5.74) is 3.01. The molecule has 0 bridgehead atoms. The normalized spacial score (nSPS) is 18.7. The lowest BCUT2D eigenvalue weighted by Crippen LogP contribution is -2.25. The first kappa shape index (κ1) is 15.4. The van der Waals surface area contributed by atoms with Gasteiger partial charge in [-0.25, -0.2) is 4.68 Å². The number of nitrogens with one attached hydrogen (secondary N) is 1. The second-order valence-electron chi connectivity index (χ2n) is 6.34. The summed E-state index contributed by atoms with van der Waals surface area (Å²) >= 11 is 0. The van der Waals surface area contributed by atoms with E-state index in [1.165, 1.54) is 0 Å². The molecular weight excluding hydrogens is 314 g/mol. The third-order valence-corrected chi connectivity index (χ3v) is 4.62. The van der Waals surface area contributed by atoms with Crippen LogP contribution in [0.15, 0.2) is 67.0 Å². The summed E-state index contributed by atoms with van der Waals surface area (Å²) < 4.78 is 1.80. The highest BCUT2D eigenvalue weighted by atomic mass is 16.3. The van der Waals surface area contributed by atoms with Gasteiger partial charge in [0, 0.05) is 24.9 Å². The quantitative estimate of drug-likeness (QED) is 0.754. The zero-order chi connectivity index (χ0) is 17.2. The number of aromatic nitrogens is 2. The number of hydrogen-bond donors (Lipinski definition) is 2. The topological polar surface area (TPSA) is 67.2 Å². The molecule has 2 atom stereocenters. The van der Waals surface area contributed by atoms with Gasteiger partial charge in [-0.2, -0.15) is 5.10 Å². The van der Waals surface area contributed by atoms with Crippen LogP contribution >= 0.6 is 0 Å². The van der Waals surface area contributed by atoms with Gasteiger partial charge in [-0.3, -0.25) is 4.79 Å². The molecule has 1 amide bonds. The summed E-state index contributed by atoms with van der Waals surface area (Å²) in [5, 5.41) is 16.9. The zero-order valence-electron chi connectivity index (χ0n) is 13.7. The fraction of sp³-hybridized carbons (Fsp3) is 0.200.